The quantitative estimate of drug-likeness (QED) is 0.805. The van der Waals surface area contributed by atoms with Gasteiger partial charge in [-0.05, 0) is 43.7 Å². The summed E-state index contributed by atoms with van der Waals surface area (Å²) in [4.78, 5) is -0.0307. The number of hydrogen-bond donors (Lipinski definition) is 1. The number of hydrogen-bond acceptors (Lipinski definition) is 5. The fourth-order valence-corrected chi connectivity index (χ4v) is 7.41. The van der Waals surface area contributed by atoms with E-state index in [0.717, 1.165) is 12.5 Å². The zero-order valence-corrected chi connectivity index (χ0v) is 14.2. The first kappa shape index (κ1) is 17.4. The number of halogens is 1. The van der Waals surface area contributed by atoms with Crippen LogP contribution in [0.25, 0.3) is 0 Å². The molecule has 1 aliphatic rings. The van der Waals surface area contributed by atoms with Gasteiger partial charge < -0.3 is 5.32 Å². The van der Waals surface area contributed by atoms with Gasteiger partial charge in [0.15, 0.2) is 19.7 Å². The summed E-state index contributed by atoms with van der Waals surface area (Å²) in [5, 5.41) is 1.97. The smallest absolute Gasteiger partial charge is 0.183 e. The Labute approximate surface area is 130 Å². The van der Waals surface area contributed by atoms with E-state index in [9.17, 15) is 21.2 Å². The first-order valence-electron chi connectivity index (χ1n) is 7.11. The molecule has 1 aliphatic heterocycles. The van der Waals surface area contributed by atoms with Gasteiger partial charge in [-0.3, -0.25) is 0 Å². The maximum Gasteiger partial charge on any atom is 0.183 e. The van der Waals surface area contributed by atoms with Gasteiger partial charge in [0, 0.05) is 6.04 Å². The highest BCUT2D eigenvalue weighted by Crippen LogP contribution is 2.27. The normalized spacial score (nSPS) is 24.5. The molecule has 0 unspecified atom stereocenters. The molecule has 1 aromatic carbocycles. The van der Waals surface area contributed by atoms with Crippen LogP contribution in [0, 0.1) is 12.7 Å². The Kier molecular flexibility index (Phi) is 4.93. The fraction of sp³-hybridized carbons (Fsp3) is 0.571. The van der Waals surface area contributed by atoms with E-state index in [2.05, 4.69) is 5.32 Å². The van der Waals surface area contributed by atoms with Crippen LogP contribution in [0.4, 0.5) is 4.39 Å². The molecule has 1 heterocycles. The van der Waals surface area contributed by atoms with E-state index in [1.165, 1.54) is 19.1 Å². The number of nitrogens with one attached hydrogen (secondary N) is 1. The average molecular weight is 349 g/mol. The van der Waals surface area contributed by atoms with Crippen LogP contribution in [0.2, 0.25) is 0 Å². The molecule has 0 saturated carbocycles. The molecule has 124 valence electrons. The van der Waals surface area contributed by atoms with Gasteiger partial charge in [0.1, 0.15) is 5.82 Å². The molecule has 0 bridgehead atoms. The highest BCUT2D eigenvalue weighted by Gasteiger charge is 2.45. The molecule has 8 heteroatoms. The highest BCUT2D eigenvalue weighted by atomic mass is 32.2. The molecule has 5 nitrogen and oxygen atoms in total. The Bertz CT molecular complexity index is 759. The standard InChI is InChI=1S/C14H20FNO4S2/c1-3-6-16-13-8-21(17,18)9-14(13)22(19,20)11-4-5-12(15)10(2)7-11/h4-5,7,13-14,16H,3,6,8-9H2,1-2H3/t13-,14-/m0/s1. The fourth-order valence-electron chi connectivity index (χ4n) is 2.61. The van der Waals surface area contributed by atoms with E-state index in [1.54, 1.807) is 0 Å². The number of benzene rings is 1. The molecular formula is C14H20FNO4S2. The van der Waals surface area contributed by atoms with E-state index >= 15 is 0 Å². The van der Waals surface area contributed by atoms with Gasteiger partial charge >= 0.3 is 0 Å². The molecule has 22 heavy (non-hydrogen) atoms. The van der Waals surface area contributed by atoms with Crippen LogP contribution in [0.15, 0.2) is 23.1 Å². The summed E-state index contributed by atoms with van der Waals surface area (Å²) in [6.45, 7) is 3.95. The number of rotatable bonds is 5. The lowest BCUT2D eigenvalue weighted by molar-refractivity contribution is 0.525. The Balaban J connectivity index is 2.39. The average Bonchev–Trinajstić information content (AvgIpc) is 2.75. The van der Waals surface area contributed by atoms with Crippen molar-refractivity contribution in [2.75, 3.05) is 18.1 Å². The van der Waals surface area contributed by atoms with Crippen molar-refractivity contribution in [2.45, 2.75) is 36.5 Å². The first-order valence-corrected chi connectivity index (χ1v) is 10.5. The lowest BCUT2D eigenvalue weighted by Gasteiger charge is -2.20. The van der Waals surface area contributed by atoms with Crippen LogP contribution < -0.4 is 5.32 Å². The van der Waals surface area contributed by atoms with Crippen LogP contribution in [-0.2, 0) is 19.7 Å². The molecule has 0 aliphatic carbocycles. The minimum Gasteiger partial charge on any atom is -0.312 e. The largest absolute Gasteiger partial charge is 0.312 e. The van der Waals surface area contributed by atoms with E-state index in [4.69, 9.17) is 0 Å². The van der Waals surface area contributed by atoms with Gasteiger partial charge in [0.25, 0.3) is 0 Å². The van der Waals surface area contributed by atoms with Gasteiger partial charge in [0.2, 0.25) is 0 Å². The molecule has 0 amide bonds. The van der Waals surface area contributed by atoms with Crippen LogP contribution >= 0.6 is 0 Å². The zero-order valence-electron chi connectivity index (χ0n) is 12.5. The summed E-state index contributed by atoms with van der Waals surface area (Å²) in [5.74, 6) is -1.07. The minimum atomic E-state index is -3.84. The Morgan fingerprint density at radius 2 is 2.00 bits per heavy atom. The summed E-state index contributed by atoms with van der Waals surface area (Å²) >= 11 is 0. The topological polar surface area (TPSA) is 80.3 Å². The van der Waals surface area contributed by atoms with Crippen LogP contribution in [0.5, 0.6) is 0 Å². The van der Waals surface area contributed by atoms with Gasteiger partial charge in [-0.2, -0.15) is 0 Å². The van der Waals surface area contributed by atoms with Crippen molar-refractivity contribution in [1.82, 2.24) is 5.32 Å². The number of sulfone groups is 2. The van der Waals surface area contributed by atoms with Gasteiger partial charge in [-0.1, -0.05) is 6.92 Å². The second kappa shape index (κ2) is 6.25. The minimum absolute atomic E-state index is 0.0307. The summed E-state index contributed by atoms with van der Waals surface area (Å²) < 4.78 is 62.5. The van der Waals surface area contributed by atoms with Crippen molar-refractivity contribution in [3.63, 3.8) is 0 Å². The van der Waals surface area contributed by atoms with Gasteiger partial charge in [-0.15, -0.1) is 0 Å². The molecule has 2 rings (SSSR count). The molecule has 2 atom stereocenters. The maximum absolute atomic E-state index is 13.3. The predicted octanol–water partition coefficient (Wildman–Crippen LogP) is 1.07. The van der Waals surface area contributed by atoms with E-state index in [0.29, 0.717) is 6.54 Å². The van der Waals surface area contributed by atoms with E-state index in [-0.39, 0.29) is 16.2 Å². The van der Waals surface area contributed by atoms with Crippen LogP contribution in [0.3, 0.4) is 0 Å². The molecule has 0 aromatic heterocycles. The summed E-state index contributed by atoms with van der Waals surface area (Å²) in [6.07, 6.45) is 0.777. The summed E-state index contributed by atoms with van der Waals surface area (Å²) in [5.41, 5.74) is 0.222. The van der Waals surface area contributed by atoms with E-state index < -0.39 is 42.5 Å². The predicted molar refractivity (Wildman–Crippen MR) is 82.8 cm³/mol. The van der Waals surface area contributed by atoms with Gasteiger partial charge in [0.05, 0.1) is 21.7 Å². The lowest BCUT2D eigenvalue weighted by Crippen LogP contribution is -2.43. The summed E-state index contributed by atoms with van der Waals surface area (Å²) in [6, 6.07) is 2.92. The molecule has 1 saturated heterocycles. The van der Waals surface area contributed by atoms with Crippen molar-refractivity contribution < 1.29 is 21.2 Å². The van der Waals surface area contributed by atoms with Crippen molar-refractivity contribution in [3.05, 3.63) is 29.6 Å². The second-order valence-electron chi connectivity index (χ2n) is 5.63. The van der Waals surface area contributed by atoms with Crippen LogP contribution in [0.1, 0.15) is 18.9 Å². The molecule has 1 fully saturated rings. The first-order chi connectivity index (χ1) is 10.2. The molecular weight excluding hydrogens is 329 g/mol. The Hall–Kier alpha value is -0.990. The highest BCUT2D eigenvalue weighted by molar-refractivity contribution is 7.96. The van der Waals surface area contributed by atoms with Crippen LogP contribution in [-0.4, -0.2) is 46.2 Å². The van der Waals surface area contributed by atoms with Crippen molar-refractivity contribution in [1.29, 1.82) is 0 Å². The van der Waals surface area contributed by atoms with Crippen molar-refractivity contribution in [3.8, 4) is 0 Å². The SMILES string of the molecule is CCCN[C@H]1CS(=O)(=O)C[C@@H]1S(=O)(=O)c1ccc(F)c(C)c1. The van der Waals surface area contributed by atoms with Crippen molar-refractivity contribution >= 4 is 19.7 Å². The zero-order chi connectivity index (χ0) is 16.5. The molecule has 1 N–H and O–H groups in total. The number of aryl methyl sites for hydroxylation is 1. The maximum atomic E-state index is 13.3. The third-order valence-electron chi connectivity index (χ3n) is 3.81. The third kappa shape index (κ3) is 3.49. The monoisotopic (exact) mass is 349 g/mol. The Morgan fingerprint density at radius 3 is 2.59 bits per heavy atom. The Morgan fingerprint density at radius 1 is 1.32 bits per heavy atom. The molecule has 0 spiro atoms. The molecule has 1 aromatic rings. The summed E-state index contributed by atoms with van der Waals surface area (Å²) in [7, 11) is -7.24. The van der Waals surface area contributed by atoms with E-state index in [1.807, 2.05) is 6.92 Å². The van der Waals surface area contributed by atoms with Crippen molar-refractivity contribution in [2.24, 2.45) is 0 Å². The lowest BCUT2D eigenvalue weighted by atomic mass is 10.2. The second-order valence-corrected chi connectivity index (χ2v) is 9.95. The molecule has 0 radical (unpaired) electrons. The van der Waals surface area contributed by atoms with Gasteiger partial charge in [-0.25, -0.2) is 21.2 Å². The third-order valence-corrected chi connectivity index (χ3v) is 7.96.